The van der Waals surface area contributed by atoms with Crippen molar-refractivity contribution >= 4 is 23.3 Å². The van der Waals surface area contributed by atoms with E-state index in [2.05, 4.69) is 5.32 Å². The van der Waals surface area contributed by atoms with E-state index >= 15 is 0 Å². The molecule has 1 fully saturated rings. The second kappa shape index (κ2) is 9.32. The number of nitrogen functional groups attached to an aromatic ring is 1. The van der Waals surface area contributed by atoms with Crippen LogP contribution in [0.1, 0.15) is 53.3 Å². The Balaban J connectivity index is 1.77. The van der Waals surface area contributed by atoms with Crippen LogP contribution in [-0.2, 0) is 4.74 Å². The lowest BCUT2D eigenvalue weighted by molar-refractivity contribution is 0.0526. The Hall–Kier alpha value is -3.22. The fourth-order valence-corrected chi connectivity index (χ4v) is 3.34. The SMILES string of the molecule is CCOC(=O)c1ccc(NC(=O)c2ccc(OC)c(OC3CCCC3)c2N)cc1. The first-order valence-electron chi connectivity index (χ1n) is 9.75. The summed E-state index contributed by atoms with van der Waals surface area (Å²) in [5, 5.41) is 2.79. The van der Waals surface area contributed by atoms with E-state index in [4.69, 9.17) is 19.9 Å². The molecule has 1 saturated carbocycles. The Morgan fingerprint density at radius 1 is 1.10 bits per heavy atom. The Morgan fingerprint density at radius 2 is 1.79 bits per heavy atom. The van der Waals surface area contributed by atoms with Crippen molar-refractivity contribution in [1.82, 2.24) is 0 Å². The van der Waals surface area contributed by atoms with Crippen molar-refractivity contribution in [3.63, 3.8) is 0 Å². The van der Waals surface area contributed by atoms with Crippen LogP contribution in [-0.4, -0.2) is 31.7 Å². The van der Waals surface area contributed by atoms with Gasteiger partial charge in [0.25, 0.3) is 5.91 Å². The number of amides is 1. The summed E-state index contributed by atoms with van der Waals surface area (Å²) in [6.45, 7) is 2.05. The van der Waals surface area contributed by atoms with Crippen LogP contribution in [0.3, 0.4) is 0 Å². The molecule has 0 unspecified atom stereocenters. The van der Waals surface area contributed by atoms with Gasteiger partial charge in [-0.2, -0.15) is 0 Å². The molecule has 0 aliphatic heterocycles. The molecule has 0 bridgehead atoms. The number of anilines is 2. The van der Waals surface area contributed by atoms with Gasteiger partial charge in [-0.25, -0.2) is 4.79 Å². The van der Waals surface area contributed by atoms with Crippen LogP contribution in [0.2, 0.25) is 0 Å². The summed E-state index contributed by atoms with van der Waals surface area (Å²) >= 11 is 0. The minimum atomic E-state index is -0.404. The Bertz CT molecular complexity index is 874. The van der Waals surface area contributed by atoms with Crippen LogP contribution >= 0.6 is 0 Å². The van der Waals surface area contributed by atoms with Crippen molar-refractivity contribution in [3.8, 4) is 11.5 Å². The summed E-state index contributed by atoms with van der Waals surface area (Å²) in [5.41, 5.74) is 7.77. The fraction of sp³-hybridized carbons (Fsp3) is 0.364. The molecule has 0 radical (unpaired) electrons. The zero-order valence-corrected chi connectivity index (χ0v) is 16.7. The van der Waals surface area contributed by atoms with Gasteiger partial charge in [0, 0.05) is 5.69 Å². The van der Waals surface area contributed by atoms with Crippen LogP contribution in [0.5, 0.6) is 11.5 Å². The number of carbonyl (C=O) groups excluding carboxylic acids is 2. The molecule has 0 atom stereocenters. The van der Waals surface area contributed by atoms with Gasteiger partial charge in [0.2, 0.25) is 0 Å². The fourth-order valence-electron chi connectivity index (χ4n) is 3.34. The van der Waals surface area contributed by atoms with E-state index in [0.717, 1.165) is 25.7 Å². The van der Waals surface area contributed by atoms with E-state index in [1.165, 1.54) is 0 Å². The smallest absolute Gasteiger partial charge is 0.338 e. The van der Waals surface area contributed by atoms with Gasteiger partial charge in [-0.3, -0.25) is 4.79 Å². The summed E-state index contributed by atoms with van der Waals surface area (Å²) in [5.74, 6) is 0.137. The standard InChI is InChI=1S/C22H26N2O5/c1-3-28-22(26)14-8-10-15(11-9-14)24-21(25)17-12-13-18(27-2)20(19(17)23)29-16-6-4-5-7-16/h8-13,16H,3-7,23H2,1-2H3,(H,24,25). The molecular formula is C22H26N2O5. The van der Waals surface area contributed by atoms with Crippen LogP contribution in [0.4, 0.5) is 11.4 Å². The first-order valence-corrected chi connectivity index (χ1v) is 9.75. The number of esters is 1. The first-order chi connectivity index (χ1) is 14.0. The highest BCUT2D eigenvalue weighted by atomic mass is 16.5. The number of hydrogen-bond donors (Lipinski definition) is 2. The molecular weight excluding hydrogens is 372 g/mol. The predicted molar refractivity (Wildman–Crippen MR) is 111 cm³/mol. The van der Waals surface area contributed by atoms with Crippen molar-refractivity contribution < 1.29 is 23.8 Å². The van der Waals surface area contributed by atoms with Crippen molar-refractivity contribution in [1.29, 1.82) is 0 Å². The molecule has 0 spiro atoms. The second-order valence-corrected chi connectivity index (χ2v) is 6.83. The third-order valence-corrected chi connectivity index (χ3v) is 4.87. The average Bonchev–Trinajstić information content (AvgIpc) is 3.23. The Kier molecular flexibility index (Phi) is 6.59. The number of rotatable bonds is 7. The van der Waals surface area contributed by atoms with Gasteiger partial charge in [-0.05, 0) is 69.0 Å². The number of nitrogens with two attached hydrogens (primary N) is 1. The third-order valence-electron chi connectivity index (χ3n) is 4.87. The maximum absolute atomic E-state index is 12.8. The summed E-state index contributed by atoms with van der Waals surface area (Å²) in [4.78, 5) is 24.5. The van der Waals surface area contributed by atoms with E-state index in [0.29, 0.717) is 34.9 Å². The monoisotopic (exact) mass is 398 g/mol. The summed E-state index contributed by atoms with van der Waals surface area (Å²) < 4.78 is 16.4. The van der Waals surface area contributed by atoms with E-state index in [9.17, 15) is 9.59 Å². The van der Waals surface area contributed by atoms with Gasteiger partial charge in [0.1, 0.15) is 0 Å². The van der Waals surface area contributed by atoms with Gasteiger partial charge < -0.3 is 25.3 Å². The normalized spacial score (nSPS) is 13.7. The number of carbonyl (C=O) groups is 2. The molecule has 7 nitrogen and oxygen atoms in total. The van der Waals surface area contributed by atoms with E-state index in [-0.39, 0.29) is 17.7 Å². The van der Waals surface area contributed by atoms with Crippen LogP contribution in [0, 0.1) is 0 Å². The van der Waals surface area contributed by atoms with E-state index < -0.39 is 5.97 Å². The molecule has 0 heterocycles. The zero-order valence-electron chi connectivity index (χ0n) is 16.7. The topological polar surface area (TPSA) is 99.9 Å². The molecule has 29 heavy (non-hydrogen) atoms. The van der Waals surface area contributed by atoms with Crippen molar-refractivity contribution in [3.05, 3.63) is 47.5 Å². The number of hydrogen-bond acceptors (Lipinski definition) is 6. The molecule has 0 saturated heterocycles. The van der Waals surface area contributed by atoms with Crippen molar-refractivity contribution in [2.24, 2.45) is 0 Å². The Morgan fingerprint density at radius 3 is 2.41 bits per heavy atom. The van der Waals surface area contributed by atoms with Gasteiger partial charge >= 0.3 is 5.97 Å². The molecule has 1 amide bonds. The lowest BCUT2D eigenvalue weighted by atomic mass is 10.1. The quantitative estimate of drug-likeness (QED) is 0.540. The number of methoxy groups -OCH3 is 1. The second-order valence-electron chi connectivity index (χ2n) is 6.83. The molecule has 3 N–H and O–H groups in total. The molecule has 7 heteroatoms. The van der Waals surface area contributed by atoms with Crippen LogP contribution < -0.4 is 20.5 Å². The summed E-state index contributed by atoms with van der Waals surface area (Å²) in [7, 11) is 1.54. The summed E-state index contributed by atoms with van der Waals surface area (Å²) in [6, 6.07) is 9.76. The highest BCUT2D eigenvalue weighted by molar-refractivity contribution is 6.09. The highest BCUT2D eigenvalue weighted by Gasteiger charge is 2.23. The van der Waals surface area contributed by atoms with Crippen molar-refractivity contribution in [2.45, 2.75) is 38.7 Å². The minimum absolute atomic E-state index is 0.0833. The molecule has 0 aromatic heterocycles. The minimum Gasteiger partial charge on any atom is -0.493 e. The van der Waals surface area contributed by atoms with Crippen LogP contribution in [0.15, 0.2) is 36.4 Å². The Labute approximate surface area is 170 Å². The molecule has 3 rings (SSSR count). The lowest BCUT2D eigenvalue weighted by Gasteiger charge is -2.19. The first kappa shape index (κ1) is 20.5. The number of benzene rings is 2. The lowest BCUT2D eigenvalue weighted by Crippen LogP contribution is -2.17. The van der Waals surface area contributed by atoms with Gasteiger partial charge in [-0.15, -0.1) is 0 Å². The molecule has 2 aromatic rings. The van der Waals surface area contributed by atoms with Gasteiger partial charge in [0.15, 0.2) is 11.5 Å². The van der Waals surface area contributed by atoms with E-state index in [1.54, 1.807) is 50.4 Å². The number of nitrogens with one attached hydrogen (secondary N) is 1. The maximum atomic E-state index is 12.8. The average molecular weight is 398 g/mol. The predicted octanol–water partition coefficient (Wildman–Crippen LogP) is 4.03. The van der Waals surface area contributed by atoms with Crippen molar-refractivity contribution in [2.75, 3.05) is 24.8 Å². The molecule has 1 aliphatic rings. The molecule has 2 aromatic carbocycles. The zero-order chi connectivity index (χ0) is 20.8. The van der Waals surface area contributed by atoms with Gasteiger partial charge in [-0.1, -0.05) is 0 Å². The summed E-state index contributed by atoms with van der Waals surface area (Å²) in [6.07, 6.45) is 4.25. The van der Waals surface area contributed by atoms with Crippen LogP contribution in [0.25, 0.3) is 0 Å². The maximum Gasteiger partial charge on any atom is 0.338 e. The molecule has 154 valence electrons. The van der Waals surface area contributed by atoms with E-state index in [1.807, 2.05) is 0 Å². The highest BCUT2D eigenvalue weighted by Crippen LogP contribution is 2.39. The largest absolute Gasteiger partial charge is 0.493 e. The van der Waals surface area contributed by atoms with Gasteiger partial charge in [0.05, 0.1) is 36.6 Å². The third kappa shape index (κ3) is 4.80. The number of ether oxygens (including phenoxy) is 3. The molecule has 1 aliphatic carbocycles.